The maximum Gasteiger partial charge on any atom is 0.245 e. The lowest BCUT2D eigenvalue weighted by atomic mass is 9.90. The lowest BCUT2D eigenvalue weighted by Crippen LogP contribution is -2.57. The van der Waals surface area contributed by atoms with Crippen molar-refractivity contribution < 1.29 is 14.3 Å². The Labute approximate surface area is 225 Å². The zero-order chi connectivity index (χ0) is 26.6. The van der Waals surface area contributed by atoms with Crippen molar-refractivity contribution in [2.45, 2.75) is 77.0 Å². The number of likely N-dealkylation sites (tertiary alicyclic amines) is 1. The normalized spacial score (nSPS) is 23.3. The molecule has 2 N–H and O–H groups in total. The third kappa shape index (κ3) is 5.40. The smallest absolute Gasteiger partial charge is 0.245 e. The molecular weight excluding hydrogens is 480 g/mol. The molecular formula is C29H40N6O3. The minimum Gasteiger partial charge on any atom is -0.381 e. The predicted octanol–water partition coefficient (Wildman–Crippen LogP) is 2.86. The number of hydrogen-bond acceptors (Lipinski definition) is 6. The molecule has 2 saturated heterocycles. The number of ether oxygens (including phenoxy) is 1. The Bertz CT molecular complexity index is 1170. The standard InChI is InChI=1S/C29H40N6O3/c1-19-27(35-15-7-6-12-25(35)31-19)23-10-5-4-9-22(32-23)24-11-8-16-34(24)29(37)26(21-13-17-38-18-14-21)33-28(36)20(2)30-3/h4-6,10,12,20-21,24,26,30H,7-9,11,13-18H2,1-3H3,(H,33,36)/t20-,24-,26-/m0/s1. The van der Waals surface area contributed by atoms with Crippen LogP contribution in [0.3, 0.4) is 0 Å². The number of allylic oxidation sites excluding steroid dienone is 4. The molecule has 0 aromatic carbocycles. The van der Waals surface area contributed by atoms with Crippen molar-refractivity contribution in [3.05, 3.63) is 41.5 Å². The second kappa shape index (κ2) is 11.8. The molecule has 3 atom stereocenters. The van der Waals surface area contributed by atoms with Gasteiger partial charge in [-0.2, -0.15) is 0 Å². The van der Waals surface area contributed by atoms with Gasteiger partial charge in [0.15, 0.2) is 0 Å². The Hall–Kier alpha value is -3.04. The van der Waals surface area contributed by atoms with E-state index >= 15 is 0 Å². The van der Waals surface area contributed by atoms with E-state index in [1.165, 1.54) is 0 Å². The number of likely N-dealkylation sites (N-methyl/N-ethyl adjacent to an activating group) is 1. The minimum absolute atomic E-state index is 0.000518. The number of aromatic nitrogens is 2. The second-order valence-electron chi connectivity index (χ2n) is 10.7. The quantitative estimate of drug-likeness (QED) is 0.576. The summed E-state index contributed by atoms with van der Waals surface area (Å²) < 4.78 is 7.81. The van der Waals surface area contributed by atoms with Crippen LogP contribution in [-0.2, 0) is 20.9 Å². The zero-order valence-electron chi connectivity index (χ0n) is 22.8. The highest BCUT2D eigenvalue weighted by molar-refractivity contribution is 5.99. The number of fused-ring (bicyclic) bond motifs is 1. The Balaban J connectivity index is 1.42. The van der Waals surface area contributed by atoms with Crippen molar-refractivity contribution in [2.24, 2.45) is 10.9 Å². The molecule has 4 aliphatic rings. The summed E-state index contributed by atoms with van der Waals surface area (Å²) in [4.78, 5) is 38.9. The van der Waals surface area contributed by atoms with E-state index in [2.05, 4.69) is 45.6 Å². The van der Waals surface area contributed by atoms with Gasteiger partial charge in [-0.1, -0.05) is 18.2 Å². The van der Waals surface area contributed by atoms with E-state index < -0.39 is 6.04 Å². The molecule has 0 spiro atoms. The molecule has 1 aromatic rings. The molecule has 9 nitrogen and oxygen atoms in total. The highest BCUT2D eigenvalue weighted by Crippen LogP contribution is 2.31. The number of hydrogen-bond donors (Lipinski definition) is 2. The van der Waals surface area contributed by atoms with Gasteiger partial charge in [-0.25, -0.2) is 4.98 Å². The highest BCUT2D eigenvalue weighted by atomic mass is 16.5. The zero-order valence-corrected chi connectivity index (χ0v) is 22.8. The van der Waals surface area contributed by atoms with Gasteiger partial charge < -0.3 is 24.8 Å². The van der Waals surface area contributed by atoms with Crippen LogP contribution in [0, 0.1) is 12.8 Å². The summed E-state index contributed by atoms with van der Waals surface area (Å²) in [7, 11) is 1.75. The van der Waals surface area contributed by atoms with Gasteiger partial charge in [0.05, 0.1) is 29.2 Å². The molecule has 0 radical (unpaired) electrons. The van der Waals surface area contributed by atoms with Gasteiger partial charge >= 0.3 is 0 Å². The fourth-order valence-electron chi connectivity index (χ4n) is 5.99. The summed E-state index contributed by atoms with van der Waals surface area (Å²) in [5, 5.41) is 6.08. The SMILES string of the molecule is CN[C@@H](C)C(=O)N[C@H](C(=O)N1CCC[C@H]1C1=NC(c2c(C)nc3n2CCC=C3)=CC=CC1)C1CCOCC1. The van der Waals surface area contributed by atoms with Crippen LogP contribution in [0.1, 0.15) is 62.7 Å². The number of rotatable bonds is 7. The third-order valence-corrected chi connectivity index (χ3v) is 8.23. The summed E-state index contributed by atoms with van der Waals surface area (Å²) in [6, 6.07) is -1.02. The molecule has 9 heteroatoms. The van der Waals surface area contributed by atoms with Crippen molar-refractivity contribution in [3.63, 3.8) is 0 Å². The Morgan fingerprint density at radius 1 is 1.16 bits per heavy atom. The van der Waals surface area contributed by atoms with Gasteiger partial charge in [-0.15, -0.1) is 0 Å². The van der Waals surface area contributed by atoms with Gasteiger partial charge in [-0.3, -0.25) is 14.6 Å². The molecule has 4 aliphatic heterocycles. The Morgan fingerprint density at radius 3 is 2.76 bits per heavy atom. The van der Waals surface area contributed by atoms with Crippen molar-refractivity contribution >= 4 is 29.3 Å². The number of amides is 2. The van der Waals surface area contributed by atoms with Crippen LogP contribution >= 0.6 is 0 Å². The van der Waals surface area contributed by atoms with Crippen molar-refractivity contribution in [1.82, 2.24) is 25.1 Å². The molecule has 0 bridgehead atoms. The number of aryl methyl sites for hydroxylation is 1. The van der Waals surface area contributed by atoms with Crippen LogP contribution in [0.2, 0.25) is 0 Å². The summed E-state index contributed by atoms with van der Waals surface area (Å²) in [5.41, 5.74) is 3.92. The van der Waals surface area contributed by atoms with E-state index in [1.54, 1.807) is 7.05 Å². The summed E-state index contributed by atoms with van der Waals surface area (Å²) >= 11 is 0. The molecule has 5 rings (SSSR count). The van der Waals surface area contributed by atoms with Crippen LogP contribution in [0.4, 0.5) is 0 Å². The third-order valence-electron chi connectivity index (χ3n) is 8.23. The van der Waals surface area contributed by atoms with E-state index in [9.17, 15) is 9.59 Å². The first-order valence-electron chi connectivity index (χ1n) is 14.0. The number of aliphatic imine (C=N–C) groups is 1. The number of imidazole rings is 1. The predicted molar refractivity (Wildman–Crippen MR) is 149 cm³/mol. The van der Waals surface area contributed by atoms with Crippen LogP contribution in [-0.4, -0.2) is 76.9 Å². The molecule has 204 valence electrons. The van der Waals surface area contributed by atoms with Crippen molar-refractivity contribution in [1.29, 1.82) is 0 Å². The highest BCUT2D eigenvalue weighted by Gasteiger charge is 2.40. The fourth-order valence-corrected chi connectivity index (χ4v) is 5.99. The number of nitrogens with one attached hydrogen (secondary N) is 2. The maximum absolute atomic E-state index is 14.1. The van der Waals surface area contributed by atoms with E-state index in [4.69, 9.17) is 14.7 Å². The number of carbonyl (C=O) groups excluding carboxylic acids is 2. The average Bonchev–Trinajstić information content (AvgIpc) is 3.48. The summed E-state index contributed by atoms with van der Waals surface area (Å²) in [5.74, 6) is 0.882. The van der Waals surface area contributed by atoms with Crippen LogP contribution in [0.5, 0.6) is 0 Å². The molecule has 2 fully saturated rings. The van der Waals surface area contributed by atoms with Gasteiger partial charge in [-0.05, 0) is 71.1 Å². The largest absolute Gasteiger partial charge is 0.381 e. The van der Waals surface area contributed by atoms with E-state index in [1.807, 2.05) is 18.7 Å². The first-order chi connectivity index (χ1) is 18.5. The first-order valence-corrected chi connectivity index (χ1v) is 14.0. The lowest BCUT2D eigenvalue weighted by Gasteiger charge is -2.35. The van der Waals surface area contributed by atoms with Crippen LogP contribution in [0.15, 0.2) is 29.3 Å². The fraction of sp³-hybridized carbons (Fsp3) is 0.586. The molecule has 5 heterocycles. The molecule has 2 amide bonds. The van der Waals surface area contributed by atoms with Gasteiger partial charge in [0, 0.05) is 38.4 Å². The Kier molecular flexibility index (Phi) is 8.24. The topological polar surface area (TPSA) is 101 Å². The van der Waals surface area contributed by atoms with Crippen LogP contribution < -0.4 is 10.6 Å². The van der Waals surface area contributed by atoms with Crippen LogP contribution in [0.25, 0.3) is 11.8 Å². The lowest BCUT2D eigenvalue weighted by molar-refractivity contribution is -0.139. The molecule has 0 unspecified atom stereocenters. The number of nitrogens with zero attached hydrogens (tertiary/aromatic N) is 4. The molecule has 0 aliphatic carbocycles. The summed E-state index contributed by atoms with van der Waals surface area (Å²) in [6.45, 7) is 6.65. The summed E-state index contributed by atoms with van der Waals surface area (Å²) in [6.07, 6.45) is 15.5. The van der Waals surface area contributed by atoms with Gasteiger partial charge in [0.2, 0.25) is 11.8 Å². The second-order valence-corrected chi connectivity index (χ2v) is 10.7. The van der Waals surface area contributed by atoms with E-state index in [0.717, 1.165) is 67.3 Å². The van der Waals surface area contributed by atoms with Crippen molar-refractivity contribution in [3.8, 4) is 0 Å². The molecule has 38 heavy (non-hydrogen) atoms. The van der Waals surface area contributed by atoms with Gasteiger partial charge in [0.1, 0.15) is 11.9 Å². The van der Waals surface area contributed by atoms with E-state index in [0.29, 0.717) is 26.2 Å². The maximum atomic E-state index is 14.1. The minimum atomic E-state index is -0.560. The first kappa shape index (κ1) is 26.6. The van der Waals surface area contributed by atoms with E-state index in [-0.39, 0.29) is 29.8 Å². The Morgan fingerprint density at radius 2 is 1.97 bits per heavy atom. The monoisotopic (exact) mass is 520 g/mol. The van der Waals surface area contributed by atoms with Gasteiger partial charge in [0.25, 0.3) is 0 Å². The van der Waals surface area contributed by atoms with Crippen molar-refractivity contribution in [2.75, 3.05) is 26.8 Å². The molecule has 1 aromatic heterocycles. The number of carbonyl (C=O) groups is 2. The molecule has 0 saturated carbocycles. The average molecular weight is 521 g/mol.